The predicted octanol–water partition coefficient (Wildman–Crippen LogP) is 4.17. The van der Waals surface area contributed by atoms with Crippen molar-refractivity contribution in [3.05, 3.63) is 71.9 Å². The third-order valence-electron chi connectivity index (χ3n) is 7.31. The monoisotopic (exact) mass is 528 g/mol. The summed E-state index contributed by atoms with van der Waals surface area (Å²) in [6.07, 6.45) is 5.88. The second-order valence-corrected chi connectivity index (χ2v) is 11.4. The number of benzene rings is 2. The molecule has 0 atom stereocenters. The molecule has 2 aromatic heterocycles. The van der Waals surface area contributed by atoms with Crippen LogP contribution in [0.1, 0.15) is 29.6 Å². The van der Waals surface area contributed by atoms with Crippen LogP contribution in [0.5, 0.6) is 0 Å². The van der Waals surface area contributed by atoms with Crippen LogP contribution in [-0.2, 0) is 17.1 Å². The maximum Gasteiger partial charge on any atom is 0.257 e. The third-order valence-corrected chi connectivity index (χ3v) is 8.86. The van der Waals surface area contributed by atoms with Crippen molar-refractivity contribution in [2.75, 3.05) is 29.7 Å². The molecular formula is C28H28N6O3S. The Morgan fingerprint density at radius 3 is 2.29 bits per heavy atom. The van der Waals surface area contributed by atoms with E-state index in [1.165, 1.54) is 16.0 Å². The average Bonchev–Trinajstić information content (AvgIpc) is 3.56. The summed E-state index contributed by atoms with van der Waals surface area (Å²) in [5.74, 6) is 0.417. The maximum absolute atomic E-state index is 12.9. The van der Waals surface area contributed by atoms with E-state index in [1.807, 2.05) is 65.0 Å². The van der Waals surface area contributed by atoms with Gasteiger partial charge < -0.3 is 15.2 Å². The first-order valence-electron chi connectivity index (χ1n) is 12.6. The van der Waals surface area contributed by atoms with E-state index < -0.39 is 10.0 Å². The minimum atomic E-state index is -3.48. The Labute approximate surface area is 221 Å². The second-order valence-electron chi connectivity index (χ2n) is 9.64. The highest BCUT2D eigenvalue weighted by atomic mass is 32.2. The zero-order chi connectivity index (χ0) is 26.4. The lowest BCUT2D eigenvalue weighted by Gasteiger charge is -2.25. The van der Waals surface area contributed by atoms with Gasteiger partial charge in [-0.2, -0.15) is 0 Å². The predicted molar refractivity (Wildman–Crippen MR) is 149 cm³/mol. The fourth-order valence-electron chi connectivity index (χ4n) is 5.42. The van der Waals surface area contributed by atoms with Gasteiger partial charge in [0.15, 0.2) is 0 Å². The summed E-state index contributed by atoms with van der Waals surface area (Å²) in [7, 11) is -1.55. The van der Waals surface area contributed by atoms with Gasteiger partial charge in [-0.3, -0.25) is 9.10 Å². The Hall–Kier alpha value is -4.18. The van der Waals surface area contributed by atoms with Gasteiger partial charge in [0.2, 0.25) is 0 Å². The Morgan fingerprint density at radius 2 is 1.61 bits per heavy atom. The van der Waals surface area contributed by atoms with Crippen LogP contribution >= 0.6 is 0 Å². The first kappa shape index (κ1) is 24.2. The van der Waals surface area contributed by atoms with Crippen molar-refractivity contribution >= 4 is 38.5 Å². The highest BCUT2D eigenvalue weighted by molar-refractivity contribution is 7.95. The average molecular weight is 529 g/mol. The zero-order valence-electron chi connectivity index (χ0n) is 21.0. The minimum absolute atomic E-state index is 0.0492. The number of aryl methyl sites for hydroxylation is 1. The van der Waals surface area contributed by atoms with Crippen LogP contribution in [0.15, 0.2) is 66.3 Å². The number of rotatable bonds is 4. The number of carbonyl (C=O) groups is 1. The highest BCUT2D eigenvalue weighted by Gasteiger charge is 2.25. The summed E-state index contributed by atoms with van der Waals surface area (Å²) < 4.78 is 28.4. The van der Waals surface area contributed by atoms with Crippen LogP contribution in [0.4, 0.5) is 11.5 Å². The SMILES string of the molecule is Cn1c(-c2ccc(N3CCC=CS3(=O)=O)cc2)c(-c2ccc(C(=O)N3CCCC3)cc2)c2c(N)ncnc21. The molecule has 0 spiro atoms. The third kappa shape index (κ3) is 4.01. The molecule has 10 heteroatoms. The summed E-state index contributed by atoms with van der Waals surface area (Å²) >= 11 is 0. The first-order valence-corrected chi connectivity index (χ1v) is 14.1. The number of aromatic nitrogens is 3. The zero-order valence-corrected chi connectivity index (χ0v) is 21.9. The maximum atomic E-state index is 12.9. The Kier molecular flexibility index (Phi) is 5.91. The molecule has 9 nitrogen and oxygen atoms in total. The number of carbonyl (C=O) groups excluding carboxylic acids is 1. The molecule has 0 aliphatic carbocycles. The number of nitrogen functional groups attached to an aromatic ring is 1. The number of hydrogen-bond acceptors (Lipinski definition) is 6. The van der Waals surface area contributed by atoms with Gasteiger partial charge in [0.1, 0.15) is 17.8 Å². The van der Waals surface area contributed by atoms with E-state index in [-0.39, 0.29) is 5.91 Å². The van der Waals surface area contributed by atoms with E-state index in [0.717, 1.165) is 53.7 Å². The van der Waals surface area contributed by atoms with Crippen LogP contribution in [0.3, 0.4) is 0 Å². The van der Waals surface area contributed by atoms with Crippen molar-refractivity contribution in [3.8, 4) is 22.4 Å². The second kappa shape index (κ2) is 9.29. The lowest BCUT2D eigenvalue weighted by Crippen LogP contribution is -2.32. The van der Waals surface area contributed by atoms with E-state index in [1.54, 1.807) is 6.08 Å². The number of sulfonamides is 1. The van der Waals surface area contributed by atoms with Crippen molar-refractivity contribution < 1.29 is 13.2 Å². The van der Waals surface area contributed by atoms with Gasteiger partial charge in [0.05, 0.1) is 16.8 Å². The lowest BCUT2D eigenvalue weighted by molar-refractivity contribution is 0.0793. The molecule has 0 saturated carbocycles. The summed E-state index contributed by atoms with van der Waals surface area (Å²) in [6.45, 7) is 2.01. The van der Waals surface area contributed by atoms with E-state index in [4.69, 9.17) is 5.73 Å². The Bertz CT molecular complexity index is 1670. The standard InChI is InChI=1S/C28H28N6O3S/c1-32-25(20-10-12-22(13-11-20)34-16-4-5-17-38(34,36)37)23(24-26(29)30-18-31-27(24)32)19-6-8-21(9-7-19)28(35)33-14-2-3-15-33/h5-13,17-18H,2-4,14-16H2,1H3,(H2,29,30,31). The summed E-state index contributed by atoms with van der Waals surface area (Å²) in [5.41, 5.74) is 11.8. The first-order chi connectivity index (χ1) is 18.3. The number of anilines is 2. The molecular weight excluding hydrogens is 500 g/mol. The molecule has 2 aliphatic heterocycles. The largest absolute Gasteiger partial charge is 0.383 e. The number of amides is 1. The molecule has 6 rings (SSSR count). The minimum Gasteiger partial charge on any atom is -0.383 e. The molecule has 1 amide bonds. The van der Waals surface area contributed by atoms with Crippen molar-refractivity contribution in [1.29, 1.82) is 0 Å². The van der Waals surface area contributed by atoms with Gasteiger partial charge >= 0.3 is 0 Å². The van der Waals surface area contributed by atoms with Gasteiger partial charge in [-0.1, -0.05) is 30.3 Å². The molecule has 2 aromatic carbocycles. The summed E-state index contributed by atoms with van der Waals surface area (Å²) in [5, 5.41) is 1.99. The number of fused-ring (bicyclic) bond motifs is 1. The molecule has 194 valence electrons. The summed E-state index contributed by atoms with van der Waals surface area (Å²) in [6, 6.07) is 15.1. The molecule has 1 fully saturated rings. The number of nitrogens with two attached hydrogens (primary N) is 1. The van der Waals surface area contributed by atoms with Crippen molar-refractivity contribution in [1.82, 2.24) is 19.4 Å². The van der Waals surface area contributed by atoms with E-state index in [2.05, 4.69) is 9.97 Å². The molecule has 4 aromatic rings. The van der Waals surface area contributed by atoms with Gasteiger partial charge in [-0.05, 0) is 54.7 Å². The fourth-order valence-corrected chi connectivity index (χ4v) is 6.72. The molecule has 0 bridgehead atoms. The number of nitrogens with zero attached hydrogens (tertiary/aromatic N) is 5. The topological polar surface area (TPSA) is 114 Å². The van der Waals surface area contributed by atoms with Gasteiger partial charge in [0, 0.05) is 43.2 Å². The van der Waals surface area contributed by atoms with Crippen LogP contribution in [0.25, 0.3) is 33.4 Å². The van der Waals surface area contributed by atoms with Crippen LogP contribution in [-0.4, -0.2) is 53.4 Å². The Balaban J connectivity index is 1.45. The Morgan fingerprint density at radius 1 is 0.921 bits per heavy atom. The van der Waals surface area contributed by atoms with Crippen LogP contribution in [0.2, 0.25) is 0 Å². The fraction of sp³-hybridized carbons (Fsp3) is 0.250. The van der Waals surface area contributed by atoms with Crippen LogP contribution < -0.4 is 10.0 Å². The van der Waals surface area contributed by atoms with E-state index in [9.17, 15) is 13.2 Å². The smallest absolute Gasteiger partial charge is 0.257 e. The van der Waals surface area contributed by atoms with E-state index in [0.29, 0.717) is 35.7 Å². The molecule has 2 aliphatic rings. The lowest BCUT2D eigenvalue weighted by atomic mass is 9.97. The quantitative estimate of drug-likeness (QED) is 0.425. The molecule has 1 saturated heterocycles. The molecule has 0 radical (unpaired) electrons. The molecule has 2 N–H and O–H groups in total. The number of hydrogen-bond donors (Lipinski definition) is 1. The summed E-state index contributed by atoms with van der Waals surface area (Å²) in [4.78, 5) is 23.5. The normalized spacial score (nSPS) is 16.9. The van der Waals surface area contributed by atoms with Crippen molar-refractivity contribution in [2.45, 2.75) is 19.3 Å². The molecule has 38 heavy (non-hydrogen) atoms. The van der Waals surface area contributed by atoms with Crippen molar-refractivity contribution in [2.24, 2.45) is 7.05 Å². The number of likely N-dealkylation sites (tertiary alicyclic amines) is 1. The van der Waals surface area contributed by atoms with Gasteiger partial charge in [-0.25, -0.2) is 18.4 Å². The van der Waals surface area contributed by atoms with Gasteiger partial charge in [-0.15, -0.1) is 0 Å². The molecule has 0 unspecified atom stereocenters. The molecule has 4 heterocycles. The van der Waals surface area contributed by atoms with Crippen LogP contribution in [0, 0.1) is 0 Å². The van der Waals surface area contributed by atoms with Crippen molar-refractivity contribution in [3.63, 3.8) is 0 Å². The van der Waals surface area contributed by atoms with E-state index >= 15 is 0 Å². The van der Waals surface area contributed by atoms with Gasteiger partial charge in [0.25, 0.3) is 15.9 Å². The highest BCUT2D eigenvalue weighted by Crippen LogP contribution is 2.42.